The van der Waals surface area contributed by atoms with E-state index in [9.17, 15) is 23.1 Å². The molecule has 0 spiro atoms. The molecule has 3 rings (SSSR count). The second-order valence-corrected chi connectivity index (χ2v) is 10.1. The Hall–Kier alpha value is -2.25. The van der Waals surface area contributed by atoms with E-state index >= 15 is 0 Å². The van der Waals surface area contributed by atoms with Crippen molar-refractivity contribution in [3.05, 3.63) is 69.2 Å². The summed E-state index contributed by atoms with van der Waals surface area (Å²) in [5.74, 6) is 0. The first-order chi connectivity index (χ1) is 15.2. The number of aliphatic hydroxyl groups is 1. The number of benzene rings is 2. The van der Waals surface area contributed by atoms with Crippen LogP contribution in [-0.2, 0) is 10.9 Å². The first-order valence-electron chi connectivity index (χ1n) is 10.8. The van der Waals surface area contributed by atoms with E-state index in [0.29, 0.717) is 23.4 Å². The molecule has 1 fully saturated rings. The van der Waals surface area contributed by atoms with E-state index in [1.165, 1.54) is 11.0 Å². The summed E-state index contributed by atoms with van der Waals surface area (Å²) in [7, 11) is 0. The van der Waals surface area contributed by atoms with Crippen LogP contribution in [0.4, 0.5) is 18.0 Å². The molecule has 0 aromatic heterocycles. The summed E-state index contributed by atoms with van der Waals surface area (Å²) in [5, 5.41) is 11.7. The maximum atomic E-state index is 13.4. The molecule has 8 heteroatoms. The molecule has 3 atom stereocenters. The minimum Gasteiger partial charge on any atom is -0.444 e. The maximum Gasteiger partial charge on any atom is 0.416 e. The number of aryl methyl sites for hydroxylation is 2. The molecule has 1 heterocycles. The van der Waals surface area contributed by atoms with Gasteiger partial charge in [-0.25, -0.2) is 4.79 Å². The lowest BCUT2D eigenvalue weighted by Gasteiger charge is -2.35. The lowest BCUT2D eigenvalue weighted by Crippen LogP contribution is -2.43. The van der Waals surface area contributed by atoms with Crippen LogP contribution < -0.4 is 0 Å². The number of hydrogen-bond acceptors (Lipinski definition) is 3. The highest BCUT2D eigenvalue weighted by Crippen LogP contribution is 2.44. The highest BCUT2D eigenvalue weighted by Gasteiger charge is 2.44. The van der Waals surface area contributed by atoms with Gasteiger partial charge in [0.25, 0.3) is 0 Å². The fourth-order valence-electron chi connectivity index (χ4n) is 4.32. The second kappa shape index (κ2) is 9.18. The molecule has 2 aromatic rings. The van der Waals surface area contributed by atoms with Gasteiger partial charge in [0.2, 0.25) is 0 Å². The lowest BCUT2D eigenvalue weighted by molar-refractivity contribution is -0.137. The molecular weight excluding hydrogens is 455 g/mol. The fourth-order valence-corrected chi connectivity index (χ4v) is 4.56. The molecule has 1 amide bonds. The average molecular weight is 484 g/mol. The third-order valence-corrected chi connectivity index (χ3v) is 6.02. The molecule has 4 nitrogen and oxygen atoms in total. The van der Waals surface area contributed by atoms with Crippen LogP contribution in [0.5, 0.6) is 0 Å². The van der Waals surface area contributed by atoms with E-state index in [0.717, 1.165) is 23.3 Å². The van der Waals surface area contributed by atoms with Crippen LogP contribution in [0.3, 0.4) is 0 Å². The van der Waals surface area contributed by atoms with Gasteiger partial charge in [0.15, 0.2) is 0 Å². The molecule has 33 heavy (non-hydrogen) atoms. The third-order valence-electron chi connectivity index (χ3n) is 5.68. The van der Waals surface area contributed by atoms with E-state index in [2.05, 4.69) is 0 Å². The number of alkyl halides is 3. The van der Waals surface area contributed by atoms with Crippen molar-refractivity contribution in [3.8, 4) is 0 Å². The largest absolute Gasteiger partial charge is 0.444 e. The van der Waals surface area contributed by atoms with Gasteiger partial charge in [0.1, 0.15) is 5.60 Å². The lowest BCUT2D eigenvalue weighted by atomic mass is 9.96. The first-order valence-corrected chi connectivity index (χ1v) is 11.2. The van der Waals surface area contributed by atoms with Crippen LogP contribution in [0.25, 0.3) is 0 Å². The van der Waals surface area contributed by atoms with Gasteiger partial charge in [0.05, 0.1) is 23.8 Å². The zero-order valence-electron chi connectivity index (χ0n) is 19.3. The van der Waals surface area contributed by atoms with Gasteiger partial charge in [-0.1, -0.05) is 40.9 Å². The molecule has 1 saturated heterocycles. The number of carbonyl (C=O) groups excluding carboxylic acids is 1. The predicted molar refractivity (Wildman–Crippen MR) is 121 cm³/mol. The Balaban J connectivity index is 2.04. The zero-order valence-corrected chi connectivity index (χ0v) is 20.1. The molecule has 1 aliphatic rings. The number of amides is 1. The summed E-state index contributed by atoms with van der Waals surface area (Å²) in [6, 6.07) is 7.73. The molecule has 0 radical (unpaired) electrons. The van der Waals surface area contributed by atoms with E-state index in [4.69, 9.17) is 16.3 Å². The molecule has 2 aromatic carbocycles. The van der Waals surface area contributed by atoms with Crippen molar-refractivity contribution in [3.63, 3.8) is 0 Å². The molecule has 0 aliphatic carbocycles. The number of carbonyl (C=O) groups is 1. The summed E-state index contributed by atoms with van der Waals surface area (Å²) >= 11 is 6.45. The van der Waals surface area contributed by atoms with Crippen molar-refractivity contribution >= 4 is 17.7 Å². The van der Waals surface area contributed by atoms with E-state index in [1.807, 2.05) is 19.1 Å². The minimum absolute atomic E-state index is 0.108. The van der Waals surface area contributed by atoms with Crippen molar-refractivity contribution in [1.29, 1.82) is 0 Å². The van der Waals surface area contributed by atoms with Crippen LogP contribution >= 0.6 is 11.6 Å². The summed E-state index contributed by atoms with van der Waals surface area (Å²) < 4.78 is 45.7. The number of hydrogen-bond donors (Lipinski definition) is 1. The number of aliphatic hydroxyl groups excluding tert-OH is 1. The van der Waals surface area contributed by atoms with Crippen molar-refractivity contribution in [2.75, 3.05) is 0 Å². The van der Waals surface area contributed by atoms with Gasteiger partial charge >= 0.3 is 12.3 Å². The second-order valence-electron chi connectivity index (χ2n) is 9.65. The van der Waals surface area contributed by atoms with E-state index in [1.54, 1.807) is 33.8 Å². The summed E-state index contributed by atoms with van der Waals surface area (Å²) in [4.78, 5) is 14.7. The molecule has 1 N–H and O–H groups in total. The van der Waals surface area contributed by atoms with Crippen LogP contribution in [0.1, 0.15) is 73.6 Å². The van der Waals surface area contributed by atoms with Gasteiger partial charge in [0, 0.05) is 5.02 Å². The van der Waals surface area contributed by atoms with Crippen molar-refractivity contribution in [1.82, 2.24) is 4.90 Å². The van der Waals surface area contributed by atoms with Crippen LogP contribution in [0.2, 0.25) is 5.02 Å². The third kappa shape index (κ3) is 5.82. The van der Waals surface area contributed by atoms with E-state index < -0.39 is 41.6 Å². The number of nitrogens with zero attached hydrogens (tertiary/aromatic N) is 1. The number of rotatable bonds is 3. The van der Waals surface area contributed by atoms with Crippen molar-refractivity contribution < 1.29 is 27.8 Å². The van der Waals surface area contributed by atoms with Gasteiger partial charge in [-0.05, 0) is 76.8 Å². The van der Waals surface area contributed by atoms with Crippen LogP contribution in [0.15, 0.2) is 36.4 Å². The van der Waals surface area contributed by atoms with Crippen molar-refractivity contribution in [2.45, 2.75) is 77.4 Å². The van der Waals surface area contributed by atoms with Crippen molar-refractivity contribution in [2.24, 2.45) is 0 Å². The SMILES string of the molecule is Cc1cc([C@H](O)[C@@H]2CC[C@@H](c3cc(C)ccc3Cl)N2C(=O)OC(C)(C)C)cc(C(F)(F)F)c1. The Morgan fingerprint density at radius 2 is 1.76 bits per heavy atom. The highest BCUT2D eigenvalue weighted by atomic mass is 35.5. The number of halogens is 4. The van der Waals surface area contributed by atoms with Gasteiger partial charge < -0.3 is 9.84 Å². The topological polar surface area (TPSA) is 49.8 Å². The summed E-state index contributed by atoms with van der Waals surface area (Å²) in [5.41, 5.74) is 0.532. The number of ether oxygens (including phenoxy) is 1. The normalized spacial score (nSPS) is 20.1. The van der Waals surface area contributed by atoms with Gasteiger partial charge in [-0.2, -0.15) is 13.2 Å². The van der Waals surface area contributed by atoms with Gasteiger partial charge in [-0.15, -0.1) is 0 Å². The number of likely N-dealkylation sites (tertiary alicyclic amines) is 1. The Kier molecular flexibility index (Phi) is 7.06. The Morgan fingerprint density at radius 1 is 1.09 bits per heavy atom. The molecule has 0 unspecified atom stereocenters. The van der Waals surface area contributed by atoms with Crippen LogP contribution in [0, 0.1) is 13.8 Å². The Bertz CT molecular complexity index is 1030. The highest BCUT2D eigenvalue weighted by molar-refractivity contribution is 6.31. The standard InChI is InChI=1S/C25H29ClF3NO3/c1-14-6-7-19(26)18(12-14)20-8-9-21(30(20)23(32)33-24(3,4)5)22(31)16-10-15(2)11-17(13-16)25(27,28)29/h6-7,10-13,20-22,31H,8-9H2,1-5H3/t20-,21-,22-/m0/s1. The average Bonchev–Trinajstić information content (AvgIpc) is 3.11. The zero-order chi connectivity index (χ0) is 24.7. The minimum atomic E-state index is -4.54. The molecule has 1 aliphatic heterocycles. The van der Waals surface area contributed by atoms with Gasteiger partial charge in [-0.3, -0.25) is 4.90 Å². The quantitative estimate of drug-likeness (QED) is 0.504. The van der Waals surface area contributed by atoms with E-state index in [-0.39, 0.29) is 5.56 Å². The Labute approximate surface area is 197 Å². The summed E-state index contributed by atoms with van der Waals surface area (Å²) in [6.45, 7) is 8.65. The predicted octanol–water partition coefficient (Wildman–Crippen LogP) is 7.15. The first kappa shape index (κ1) is 25.4. The molecule has 0 saturated carbocycles. The van der Waals surface area contributed by atoms with Crippen LogP contribution in [-0.4, -0.2) is 27.7 Å². The molecule has 0 bridgehead atoms. The monoisotopic (exact) mass is 483 g/mol. The smallest absolute Gasteiger partial charge is 0.416 e. The maximum absolute atomic E-state index is 13.4. The fraction of sp³-hybridized carbons (Fsp3) is 0.480. The Morgan fingerprint density at radius 3 is 2.36 bits per heavy atom. The summed E-state index contributed by atoms with van der Waals surface area (Å²) in [6.07, 6.45) is -5.65. The molecule has 180 valence electrons. The molecular formula is C25H29ClF3NO3.